The number of aryl methyl sites for hydroxylation is 1. The van der Waals surface area contributed by atoms with Gasteiger partial charge in [-0.25, -0.2) is 0 Å². The maximum Gasteiger partial charge on any atom is 0.242 e. The van der Waals surface area contributed by atoms with E-state index in [1.54, 1.807) is 11.3 Å². The molecular formula is C18H22N2OS. The zero-order valence-electron chi connectivity index (χ0n) is 13.2. The van der Waals surface area contributed by atoms with E-state index in [9.17, 15) is 4.79 Å². The number of likely N-dealkylation sites (N-methyl/N-ethyl adjacent to an activating group) is 1. The number of hydrogen-bond donors (Lipinski definition) is 0. The van der Waals surface area contributed by atoms with Gasteiger partial charge < -0.3 is 9.80 Å². The minimum Gasteiger partial charge on any atom is -0.359 e. The van der Waals surface area contributed by atoms with E-state index in [1.807, 2.05) is 18.0 Å². The highest BCUT2D eigenvalue weighted by atomic mass is 32.1. The number of carbonyl (C=O) groups excluding carboxylic acids is 1. The first-order valence-corrected chi connectivity index (χ1v) is 8.64. The number of benzene rings is 1. The highest BCUT2D eigenvalue weighted by molar-refractivity contribution is 7.09. The zero-order chi connectivity index (χ0) is 15.5. The topological polar surface area (TPSA) is 23.6 Å². The van der Waals surface area contributed by atoms with Gasteiger partial charge >= 0.3 is 0 Å². The predicted octanol–water partition coefficient (Wildman–Crippen LogP) is 3.55. The van der Waals surface area contributed by atoms with Crippen molar-refractivity contribution in [3.63, 3.8) is 0 Å². The van der Waals surface area contributed by atoms with Crippen LogP contribution in [0.4, 0.5) is 5.69 Å². The summed E-state index contributed by atoms with van der Waals surface area (Å²) in [7, 11) is 1.89. The normalized spacial score (nSPS) is 17.2. The molecule has 0 bridgehead atoms. The Morgan fingerprint density at radius 3 is 2.91 bits per heavy atom. The van der Waals surface area contributed by atoms with Gasteiger partial charge in [-0.2, -0.15) is 0 Å². The van der Waals surface area contributed by atoms with Crippen LogP contribution < -0.4 is 4.90 Å². The Labute approximate surface area is 136 Å². The van der Waals surface area contributed by atoms with E-state index in [0.29, 0.717) is 19.1 Å². The molecule has 2 aromatic rings. The molecule has 116 valence electrons. The lowest BCUT2D eigenvalue weighted by atomic mass is 9.96. The third-order valence-electron chi connectivity index (χ3n) is 4.37. The van der Waals surface area contributed by atoms with Gasteiger partial charge in [0.2, 0.25) is 5.91 Å². The van der Waals surface area contributed by atoms with Gasteiger partial charge in [0, 0.05) is 23.7 Å². The number of hydrogen-bond acceptors (Lipinski definition) is 3. The third kappa shape index (κ3) is 3.17. The standard InChI is InChI=1S/C18H22N2OS/c1-14-9-10-15-6-3-4-8-17(15)20(14)13-18(21)19(2)12-16-7-5-11-22-16/h3-8,11,14H,9-10,12-13H2,1-2H3. The third-order valence-corrected chi connectivity index (χ3v) is 5.23. The Bertz CT molecular complexity index is 638. The second kappa shape index (κ2) is 6.53. The molecule has 1 aliphatic heterocycles. The largest absolute Gasteiger partial charge is 0.359 e. The number of amides is 1. The summed E-state index contributed by atoms with van der Waals surface area (Å²) in [4.78, 5) is 17.9. The monoisotopic (exact) mass is 314 g/mol. The molecule has 3 nitrogen and oxygen atoms in total. The quantitative estimate of drug-likeness (QED) is 0.861. The van der Waals surface area contributed by atoms with Crippen molar-refractivity contribution >= 4 is 22.9 Å². The van der Waals surface area contributed by atoms with Gasteiger partial charge in [0.1, 0.15) is 0 Å². The van der Waals surface area contributed by atoms with E-state index < -0.39 is 0 Å². The van der Waals surface area contributed by atoms with Crippen LogP contribution in [0.25, 0.3) is 0 Å². The molecule has 0 spiro atoms. The average Bonchev–Trinajstić information content (AvgIpc) is 3.03. The van der Waals surface area contributed by atoms with E-state index in [2.05, 4.69) is 47.5 Å². The predicted molar refractivity (Wildman–Crippen MR) is 92.4 cm³/mol. The van der Waals surface area contributed by atoms with Crippen molar-refractivity contribution in [2.45, 2.75) is 32.4 Å². The first kappa shape index (κ1) is 15.1. The highest BCUT2D eigenvalue weighted by Gasteiger charge is 2.25. The van der Waals surface area contributed by atoms with Crippen LogP contribution in [0.15, 0.2) is 41.8 Å². The van der Waals surface area contributed by atoms with Crippen LogP contribution in [-0.2, 0) is 17.8 Å². The van der Waals surface area contributed by atoms with Crippen molar-refractivity contribution in [2.24, 2.45) is 0 Å². The van der Waals surface area contributed by atoms with Gasteiger partial charge in [-0.1, -0.05) is 24.3 Å². The molecule has 1 atom stereocenters. The van der Waals surface area contributed by atoms with Crippen molar-refractivity contribution < 1.29 is 4.79 Å². The van der Waals surface area contributed by atoms with Gasteiger partial charge in [0.05, 0.1) is 13.1 Å². The fraction of sp³-hybridized carbons (Fsp3) is 0.389. The Morgan fingerprint density at radius 2 is 2.14 bits per heavy atom. The molecule has 3 rings (SSSR count). The Hall–Kier alpha value is -1.81. The molecule has 1 aromatic heterocycles. The lowest BCUT2D eigenvalue weighted by Gasteiger charge is -2.37. The van der Waals surface area contributed by atoms with E-state index >= 15 is 0 Å². The van der Waals surface area contributed by atoms with Crippen molar-refractivity contribution in [3.05, 3.63) is 52.2 Å². The highest BCUT2D eigenvalue weighted by Crippen LogP contribution is 2.30. The number of rotatable bonds is 4. The molecule has 1 amide bonds. The Morgan fingerprint density at radius 1 is 1.32 bits per heavy atom. The fourth-order valence-corrected chi connectivity index (χ4v) is 3.75. The molecule has 0 fully saturated rings. The molecule has 0 aliphatic carbocycles. The summed E-state index contributed by atoms with van der Waals surface area (Å²) >= 11 is 1.70. The summed E-state index contributed by atoms with van der Waals surface area (Å²) in [5.41, 5.74) is 2.58. The maximum absolute atomic E-state index is 12.6. The fourth-order valence-electron chi connectivity index (χ4n) is 2.99. The smallest absolute Gasteiger partial charge is 0.242 e. The Balaban J connectivity index is 1.70. The summed E-state index contributed by atoms with van der Waals surface area (Å²) < 4.78 is 0. The number of anilines is 1. The number of thiophene rings is 1. The zero-order valence-corrected chi connectivity index (χ0v) is 14.0. The molecule has 0 radical (unpaired) electrons. The molecule has 2 heterocycles. The van der Waals surface area contributed by atoms with E-state index in [0.717, 1.165) is 12.8 Å². The van der Waals surface area contributed by atoms with Gasteiger partial charge in [-0.3, -0.25) is 4.79 Å². The van der Waals surface area contributed by atoms with Crippen molar-refractivity contribution in [1.29, 1.82) is 0 Å². The van der Waals surface area contributed by atoms with E-state index in [-0.39, 0.29) is 5.91 Å². The molecule has 0 saturated carbocycles. The lowest BCUT2D eigenvalue weighted by molar-refractivity contribution is -0.129. The van der Waals surface area contributed by atoms with E-state index in [1.165, 1.54) is 16.1 Å². The van der Waals surface area contributed by atoms with Crippen LogP contribution in [0, 0.1) is 0 Å². The molecule has 0 saturated heterocycles. The minimum atomic E-state index is 0.178. The van der Waals surface area contributed by atoms with Crippen LogP contribution in [0.2, 0.25) is 0 Å². The van der Waals surface area contributed by atoms with Crippen LogP contribution in [0.3, 0.4) is 0 Å². The molecule has 0 N–H and O–H groups in total. The van der Waals surface area contributed by atoms with Gasteiger partial charge in [-0.05, 0) is 42.8 Å². The second-order valence-corrected chi connectivity index (χ2v) is 7.01. The molecule has 1 unspecified atom stereocenters. The Kier molecular flexibility index (Phi) is 4.48. The van der Waals surface area contributed by atoms with Crippen LogP contribution in [0.5, 0.6) is 0 Å². The van der Waals surface area contributed by atoms with E-state index in [4.69, 9.17) is 0 Å². The number of para-hydroxylation sites is 1. The van der Waals surface area contributed by atoms with Crippen molar-refractivity contribution in [1.82, 2.24) is 4.90 Å². The van der Waals surface area contributed by atoms with Crippen molar-refractivity contribution in [2.75, 3.05) is 18.5 Å². The maximum atomic E-state index is 12.6. The molecular weight excluding hydrogens is 292 g/mol. The minimum absolute atomic E-state index is 0.178. The summed E-state index contributed by atoms with van der Waals surface area (Å²) in [5, 5.41) is 2.05. The number of fused-ring (bicyclic) bond motifs is 1. The summed E-state index contributed by atoms with van der Waals surface area (Å²) in [6.07, 6.45) is 2.21. The van der Waals surface area contributed by atoms with Crippen LogP contribution in [-0.4, -0.2) is 30.4 Å². The summed E-state index contributed by atoms with van der Waals surface area (Å²) in [5.74, 6) is 0.178. The number of carbonyl (C=O) groups is 1. The molecule has 22 heavy (non-hydrogen) atoms. The summed E-state index contributed by atoms with van der Waals surface area (Å²) in [6.45, 7) is 3.36. The van der Waals surface area contributed by atoms with Gasteiger partial charge in [0.25, 0.3) is 0 Å². The van der Waals surface area contributed by atoms with Crippen LogP contribution >= 0.6 is 11.3 Å². The lowest BCUT2D eigenvalue weighted by Crippen LogP contribution is -2.44. The van der Waals surface area contributed by atoms with Crippen molar-refractivity contribution in [3.8, 4) is 0 Å². The van der Waals surface area contributed by atoms with Gasteiger partial charge in [0.15, 0.2) is 0 Å². The van der Waals surface area contributed by atoms with Crippen LogP contribution in [0.1, 0.15) is 23.8 Å². The molecule has 4 heteroatoms. The molecule has 1 aromatic carbocycles. The summed E-state index contributed by atoms with van der Waals surface area (Å²) in [6, 6.07) is 13.0. The van der Waals surface area contributed by atoms with Gasteiger partial charge in [-0.15, -0.1) is 11.3 Å². The number of nitrogens with zero attached hydrogens (tertiary/aromatic N) is 2. The second-order valence-electron chi connectivity index (χ2n) is 5.97. The average molecular weight is 314 g/mol. The molecule has 1 aliphatic rings. The SMILES string of the molecule is CC1CCc2ccccc2N1CC(=O)N(C)Cc1cccs1. The first-order chi connectivity index (χ1) is 10.6. The first-order valence-electron chi connectivity index (χ1n) is 7.76.